The van der Waals surface area contributed by atoms with Gasteiger partial charge in [0, 0.05) is 17.1 Å². The molecule has 3 rings (SSSR count). The summed E-state index contributed by atoms with van der Waals surface area (Å²) in [6, 6.07) is 11.7. The van der Waals surface area contributed by atoms with Crippen molar-refractivity contribution in [2.45, 2.75) is 39.2 Å². The van der Waals surface area contributed by atoms with Gasteiger partial charge in [-0.15, -0.1) is 0 Å². The van der Waals surface area contributed by atoms with Crippen molar-refractivity contribution in [2.75, 3.05) is 33.8 Å². The van der Waals surface area contributed by atoms with E-state index in [1.165, 1.54) is 0 Å². The maximum Gasteiger partial charge on any atom is 0.295 e. The third-order valence-corrected chi connectivity index (χ3v) is 6.20. The summed E-state index contributed by atoms with van der Waals surface area (Å²) in [6.07, 6.45) is 2.70. The number of aliphatic hydroxyl groups excluding tert-OH is 1. The van der Waals surface area contributed by atoms with Crippen LogP contribution in [0.15, 0.2) is 48.0 Å². The van der Waals surface area contributed by atoms with Gasteiger partial charge in [0.25, 0.3) is 11.7 Å². The molecule has 1 saturated heterocycles. The first-order valence-electron chi connectivity index (χ1n) is 11.7. The number of Topliss-reactive ketones (excluding diaryl/α,β-unsaturated/α-hetero) is 1. The van der Waals surface area contributed by atoms with E-state index in [9.17, 15) is 14.7 Å². The van der Waals surface area contributed by atoms with Crippen LogP contribution in [0, 0.1) is 6.92 Å². The van der Waals surface area contributed by atoms with Crippen molar-refractivity contribution in [3.05, 3.63) is 69.8 Å². The molecule has 0 spiro atoms. The van der Waals surface area contributed by atoms with Crippen LogP contribution in [0.5, 0.6) is 5.75 Å². The lowest BCUT2D eigenvalue weighted by Gasteiger charge is -2.26. The van der Waals surface area contributed by atoms with Crippen LogP contribution in [0.3, 0.4) is 0 Å². The topological polar surface area (TPSA) is 70.1 Å². The average Bonchev–Trinajstić information content (AvgIpc) is 3.04. The molecule has 1 fully saturated rings. The molecule has 7 heteroatoms. The second-order valence-electron chi connectivity index (χ2n) is 8.88. The average molecular weight is 485 g/mol. The number of ether oxygens (including phenoxy) is 1. The Hall–Kier alpha value is -2.83. The molecular weight excluding hydrogens is 452 g/mol. The van der Waals surface area contributed by atoms with Crippen LogP contribution in [0.1, 0.15) is 48.9 Å². The second-order valence-corrected chi connectivity index (χ2v) is 9.32. The zero-order valence-corrected chi connectivity index (χ0v) is 21.1. The van der Waals surface area contributed by atoms with E-state index < -0.39 is 17.7 Å². The number of amides is 1. The highest BCUT2D eigenvalue weighted by molar-refractivity contribution is 6.46. The Balaban J connectivity index is 2.02. The lowest BCUT2D eigenvalue weighted by molar-refractivity contribution is -0.139. The number of carbonyl (C=O) groups is 2. The van der Waals surface area contributed by atoms with Crippen LogP contribution in [0.4, 0.5) is 0 Å². The number of ketones is 1. The molecule has 1 atom stereocenters. The molecule has 0 aromatic heterocycles. The van der Waals surface area contributed by atoms with E-state index in [-0.39, 0.29) is 11.3 Å². The Labute approximate surface area is 206 Å². The first-order valence-corrected chi connectivity index (χ1v) is 12.0. The zero-order valence-electron chi connectivity index (χ0n) is 20.3. The molecule has 1 amide bonds. The van der Waals surface area contributed by atoms with E-state index >= 15 is 0 Å². The summed E-state index contributed by atoms with van der Waals surface area (Å²) in [5, 5.41) is 11.9. The van der Waals surface area contributed by atoms with Gasteiger partial charge in [-0.25, -0.2) is 0 Å². The van der Waals surface area contributed by atoms with Crippen molar-refractivity contribution in [1.29, 1.82) is 0 Å². The summed E-state index contributed by atoms with van der Waals surface area (Å²) in [5.41, 5.74) is 2.10. The van der Waals surface area contributed by atoms with Gasteiger partial charge in [0.15, 0.2) is 0 Å². The normalized spacial score (nSPS) is 17.6. The first-order chi connectivity index (χ1) is 16.2. The lowest BCUT2D eigenvalue weighted by Crippen LogP contribution is -2.32. The maximum atomic E-state index is 13.2. The number of halogens is 1. The lowest BCUT2D eigenvalue weighted by atomic mass is 9.94. The molecule has 34 heavy (non-hydrogen) atoms. The van der Waals surface area contributed by atoms with Gasteiger partial charge in [-0.3, -0.25) is 9.59 Å². The van der Waals surface area contributed by atoms with Gasteiger partial charge in [0.2, 0.25) is 0 Å². The molecule has 1 unspecified atom stereocenters. The number of hydrogen-bond acceptors (Lipinski definition) is 5. The number of aliphatic hydroxyl groups is 1. The van der Waals surface area contributed by atoms with Crippen LogP contribution in [-0.4, -0.2) is 60.4 Å². The molecule has 6 nitrogen and oxygen atoms in total. The molecule has 182 valence electrons. The summed E-state index contributed by atoms with van der Waals surface area (Å²) in [4.78, 5) is 29.8. The van der Waals surface area contributed by atoms with E-state index in [1.807, 2.05) is 32.0 Å². The minimum absolute atomic E-state index is 0.0972. The van der Waals surface area contributed by atoms with Gasteiger partial charge >= 0.3 is 0 Å². The third-order valence-electron chi connectivity index (χ3n) is 5.95. The predicted octanol–water partition coefficient (Wildman–Crippen LogP) is 5.20. The summed E-state index contributed by atoms with van der Waals surface area (Å²) < 4.78 is 5.76. The van der Waals surface area contributed by atoms with E-state index in [2.05, 4.69) is 6.92 Å². The summed E-state index contributed by atoms with van der Waals surface area (Å²) in [5.74, 6) is -0.741. The Bertz CT molecular complexity index is 1060. The number of likely N-dealkylation sites (tertiary alicyclic amines) is 1. The maximum absolute atomic E-state index is 13.2. The SMILES string of the molecule is CCCCOc1ccc(/C(O)=C2\C(=O)C(=O)N(CCCN(C)C)C2c2ccc(Cl)cc2)c(C)c1. The number of rotatable bonds is 10. The summed E-state index contributed by atoms with van der Waals surface area (Å²) in [6.45, 7) is 5.75. The monoisotopic (exact) mass is 484 g/mol. The van der Waals surface area contributed by atoms with Gasteiger partial charge in [0.1, 0.15) is 11.5 Å². The predicted molar refractivity (Wildman–Crippen MR) is 135 cm³/mol. The fourth-order valence-corrected chi connectivity index (χ4v) is 4.26. The van der Waals surface area contributed by atoms with Crippen LogP contribution in [0.2, 0.25) is 5.02 Å². The number of aryl methyl sites for hydroxylation is 1. The fraction of sp³-hybridized carbons (Fsp3) is 0.407. The number of nitrogens with zero attached hydrogens (tertiary/aromatic N) is 2. The standard InChI is InChI=1S/C27H33ClN2O4/c1-5-6-16-34-21-12-13-22(18(2)17-21)25(31)23-24(19-8-10-20(28)11-9-19)30(27(33)26(23)32)15-7-14-29(3)4/h8-13,17,24,31H,5-7,14-16H2,1-4H3/b25-23+. The van der Waals surface area contributed by atoms with Crippen molar-refractivity contribution in [3.8, 4) is 5.75 Å². The van der Waals surface area contributed by atoms with Gasteiger partial charge in [-0.2, -0.15) is 0 Å². The van der Waals surface area contributed by atoms with E-state index in [0.717, 1.165) is 30.5 Å². The highest BCUT2D eigenvalue weighted by Crippen LogP contribution is 2.40. The molecule has 1 heterocycles. The number of carbonyl (C=O) groups excluding carboxylic acids is 2. The quantitative estimate of drug-likeness (QED) is 0.217. The zero-order chi connectivity index (χ0) is 24.8. The first kappa shape index (κ1) is 25.8. The highest BCUT2D eigenvalue weighted by Gasteiger charge is 2.45. The van der Waals surface area contributed by atoms with Crippen molar-refractivity contribution in [2.24, 2.45) is 0 Å². The van der Waals surface area contributed by atoms with Crippen molar-refractivity contribution >= 4 is 29.1 Å². The largest absolute Gasteiger partial charge is 0.507 e. The smallest absolute Gasteiger partial charge is 0.295 e. The van der Waals surface area contributed by atoms with Crippen LogP contribution < -0.4 is 4.74 Å². The van der Waals surface area contributed by atoms with Crippen LogP contribution >= 0.6 is 11.6 Å². The van der Waals surface area contributed by atoms with Crippen molar-refractivity contribution in [3.63, 3.8) is 0 Å². The van der Waals surface area contributed by atoms with E-state index in [1.54, 1.807) is 41.3 Å². The van der Waals surface area contributed by atoms with E-state index in [0.29, 0.717) is 35.9 Å². The summed E-state index contributed by atoms with van der Waals surface area (Å²) in [7, 11) is 3.92. The molecular formula is C27H33ClN2O4. The molecule has 1 N–H and O–H groups in total. The Morgan fingerprint density at radius 2 is 1.82 bits per heavy atom. The number of hydrogen-bond donors (Lipinski definition) is 1. The van der Waals surface area contributed by atoms with Gasteiger partial charge in [-0.05, 0) is 81.9 Å². The van der Waals surface area contributed by atoms with Crippen LogP contribution in [-0.2, 0) is 9.59 Å². The molecule has 1 aliphatic rings. The van der Waals surface area contributed by atoms with Gasteiger partial charge in [0.05, 0.1) is 18.2 Å². The Morgan fingerprint density at radius 1 is 1.12 bits per heavy atom. The second kappa shape index (κ2) is 11.5. The molecule has 1 aliphatic heterocycles. The number of unbranched alkanes of at least 4 members (excludes halogenated alkanes) is 1. The molecule has 0 aliphatic carbocycles. The van der Waals surface area contributed by atoms with Gasteiger partial charge < -0.3 is 19.6 Å². The van der Waals surface area contributed by atoms with Crippen molar-refractivity contribution < 1.29 is 19.4 Å². The fourth-order valence-electron chi connectivity index (χ4n) is 4.13. The molecule has 0 saturated carbocycles. The Morgan fingerprint density at radius 3 is 2.44 bits per heavy atom. The minimum Gasteiger partial charge on any atom is -0.507 e. The molecule has 0 radical (unpaired) electrons. The molecule has 2 aromatic rings. The Kier molecular flexibility index (Phi) is 8.75. The minimum atomic E-state index is -0.681. The van der Waals surface area contributed by atoms with Crippen molar-refractivity contribution in [1.82, 2.24) is 9.80 Å². The number of benzene rings is 2. The summed E-state index contributed by atoms with van der Waals surface area (Å²) >= 11 is 6.08. The van der Waals surface area contributed by atoms with Gasteiger partial charge in [-0.1, -0.05) is 37.1 Å². The highest BCUT2D eigenvalue weighted by atomic mass is 35.5. The van der Waals surface area contributed by atoms with Crippen LogP contribution in [0.25, 0.3) is 5.76 Å². The molecule has 0 bridgehead atoms. The molecule has 2 aromatic carbocycles. The van der Waals surface area contributed by atoms with E-state index in [4.69, 9.17) is 16.3 Å². The third kappa shape index (κ3) is 5.80.